The fraction of sp³-hybridized carbons (Fsp3) is 0.400. The number of carbonyl (C=O) groups is 3. The average Bonchev–Trinajstić information content (AvgIpc) is 3.16. The number of methoxy groups -OCH3 is 2. The Balaban J connectivity index is 1.62. The molecular weight excluding hydrogens is 440 g/mol. The van der Waals surface area contributed by atoms with Crippen LogP contribution in [0.15, 0.2) is 48.5 Å². The fourth-order valence-electron chi connectivity index (χ4n) is 4.05. The molecule has 0 bridgehead atoms. The van der Waals surface area contributed by atoms with Gasteiger partial charge in [0.05, 0.1) is 12.7 Å². The summed E-state index contributed by atoms with van der Waals surface area (Å²) < 4.78 is 15.7. The van der Waals surface area contributed by atoms with Crippen molar-refractivity contribution in [2.45, 2.75) is 30.9 Å². The predicted octanol–water partition coefficient (Wildman–Crippen LogP) is 2.54. The van der Waals surface area contributed by atoms with Crippen LogP contribution >= 0.6 is 0 Å². The number of hydrogen-bond acceptors (Lipinski definition) is 6. The summed E-state index contributed by atoms with van der Waals surface area (Å²) in [4.78, 5) is 36.2. The topological polar surface area (TPSA) is 123 Å². The van der Waals surface area contributed by atoms with E-state index in [4.69, 9.17) is 19.3 Å². The minimum atomic E-state index is -1.07. The van der Waals surface area contributed by atoms with Crippen LogP contribution in [-0.2, 0) is 23.8 Å². The lowest BCUT2D eigenvalue weighted by atomic mass is 9.98. The molecular formula is C25H30N2O7. The molecule has 1 aliphatic carbocycles. The number of carbonyl (C=O) groups excluding carboxylic acids is 2. The SMILES string of the molecule is COCC(CNC(=O)C(CCC(=O)O)NC(=O)OCC1c2ccccc2-c2ccccc21)OC. The summed E-state index contributed by atoms with van der Waals surface area (Å²) in [6, 6.07) is 14.9. The lowest BCUT2D eigenvalue weighted by molar-refractivity contribution is -0.137. The van der Waals surface area contributed by atoms with Gasteiger partial charge in [0.15, 0.2) is 0 Å². The quantitative estimate of drug-likeness (QED) is 0.436. The molecule has 9 heteroatoms. The standard InChI is InChI=1S/C25H30N2O7/c1-32-14-16(33-2)13-26-24(30)22(11-12-23(28)29)27-25(31)34-15-21-19-9-5-3-7-17(19)18-8-4-6-10-20(18)21/h3-10,16,21-22H,11-15H2,1-2H3,(H,26,30)(H,27,31)(H,28,29). The maximum atomic E-state index is 12.6. The monoisotopic (exact) mass is 470 g/mol. The highest BCUT2D eigenvalue weighted by Crippen LogP contribution is 2.44. The molecule has 0 saturated heterocycles. The number of alkyl carbamates (subject to hydrolysis) is 1. The molecule has 0 aliphatic heterocycles. The van der Waals surface area contributed by atoms with E-state index in [1.807, 2.05) is 48.5 Å². The first-order valence-corrected chi connectivity index (χ1v) is 11.1. The zero-order valence-electron chi connectivity index (χ0n) is 19.3. The van der Waals surface area contributed by atoms with Crippen molar-refractivity contribution in [3.05, 3.63) is 59.7 Å². The van der Waals surface area contributed by atoms with Gasteiger partial charge in [-0.25, -0.2) is 4.79 Å². The van der Waals surface area contributed by atoms with E-state index in [0.717, 1.165) is 22.3 Å². The van der Waals surface area contributed by atoms with Crippen molar-refractivity contribution < 1.29 is 33.7 Å². The van der Waals surface area contributed by atoms with Gasteiger partial charge in [0, 0.05) is 33.1 Å². The van der Waals surface area contributed by atoms with Crippen molar-refractivity contribution in [2.24, 2.45) is 0 Å². The molecule has 1 aliphatic rings. The molecule has 9 nitrogen and oxygen atoms in total. The first kappa shape index (κ1) is 25.2. The Morgan fingerprint density at radius 2 is 1.62 bits per heavy atom. The van der Waals surface area contributed by atoms with E-state index in [9.17, 15) is 14.4 Å². The molecule has 2 atom stereocenters. The number of rotatable bonds is 12. The highest BCUT2D eigenvalue weighted by atomic mass is 16.5. The van der Waals surface area contributed by atoms with Crippen LogP contribution in [0.25, 0.3) is 11.1 Å². The summed E-state index contributed by atoms with van der Waals surface area (Å²) in [5.41, 5.74) is 4.35. The Bertz CT molecular complexity index is 965. The summed E-state index contributed by atoms with van der Waals surface area (Å²) in [7, 11) is 3.01. The van der Waals surface area contributed by atoms with Crippen molar-refractivity contribution in [2.75, 3.05) is 34.0 Å². The normalized spacial score (nSPS) is 13.9. The number of amides is 2. The number of fused-ring (bicyclic) bond motifs is 3. The number of carboxylic acid groups (broad SMARTS) is 1. The number of hydrogen-bond donors (Lipinski definition) is 3. The van der Waals surface area contributed by atoms with Crippen LogP contribution in [0, 0.1) is 0 Å². The molecule has 3 N–H and O–H groups in total. The van der Waals surface area contributed by atoms with Crippen LogP contribution in [0.2, 0.25) is 0 Å². The summed E-state index contributed by atoms with van der Waals surface area (Å²) >= 11 is 0. The molecule has 2 unspecified atom stereocenters. The third-order valence-corrected chi connectivity index (χ3v) is 5.79. The van der Waals surface area contributed by atoms with Crippen molar-refractivity contribution in [1.29, 1.82) is 0 Å². The number of ether oxygens (including phenoxy) is 3. The Hall–Kier alpha value is -3.43. The highest BCUT2D eigenvalue weighted by molar-refractivity contribution is 5.86. The zero-order valence-corrected chi connectivity index (χ0v) is 19.3. The van der Waals surface area contributed by atoms with E-state index >= 15 is 0 Å². The van der Waals surface area contributed by atoms with Crippen LogP contribution in [0.4, 0.5) is 4.79 Å². The Labute approximate surface area is 198 Å². The average molecular weight is 471 g/mol. The lowest BCUT2D eigenvalue weighted by Gasteiger charge is -2.21. The third-order valence-electron chi connectivity index (χ3n) is 5.79. The van der Waals surface area contributed by atoms with Crippen molar-refractivity contribution in [3.63, 3.8) is 0 Å². The van der Waals surface area contributed by atoms with E-state index in [1.165, 1.54) is 14.2 Å². The van der Waals surface area contributed by atoms with Crippen molar-refractivity contribution in [3.8, 4) is 11.1 Å². The molecule has 3 rings (SSSR count). The first-order chi connectivity index (χ1) is 16.4. The van der Waals surface area contributed by atoms with Crippen molar-refractivity contribution in [1.82, 2.24) is 10.6 Å². The molecule has 0 aromatic heterocycles. The van der Waals surface area contributed by atoms with Crippen molar-refractivity contribution >= 4 is 18.0 Å². The van der Waals surface area contributed by atoms with Gasteiger partial charge in [0.25, 0.3) is 0 Å². The van der Waals surface area contributed by atoms with Gasteiger partial charge in [-0.2, -0.15) is 0 Å². The molecule has 0 fully saturated rings. The van der Waals surface area contributed by atoms with Gasteiger partial charge >= 0.3 is 12.1 Å². The van der Waals surface area contributed by atoms with Crippen LogP contribution in [0.5, 0.6) is 0 Å². The smallest absolute Gasteiger partial charge is 0.407 e. The van der Waals surface area contributed by atoms with Gasteiger partial charge in [0.1, 0.15) is 12.6 Å². The predicted molar refractivity (Wildman–Crippen MR) is 125 cm³/mol. The second-order valence-corrected chi connectivity index (χ2v) is 8.01. The highest BCUT2D eigenvalue weighted by Gasteiger charge is 2.30. The van der Waals surface area contributed by atoms with Gasteiger partial charge < -0.3 is 30.0 Å². The van der Waals surface area contributed by atoms with Gasteiger partial charge in [-0.3, -0.25) is 9.59 Å². The molecule has 0 saturated carbocycles. The van der Waals surface area contributed by atoms with E-state index < -0.39 is 24.0 Å². The van der Waals surface area contributed by atoms with E-state index in [2.05, 4.69) is 10.6 Å². The van der Waals surface area contributed by atoms with Crippen LogP contribution in [-0.4, -0.2) is 69.2 Å². The zero-order chi connectivity index (χ0) is 24.5. The lowest BCUT2D eigenvalue weighted by Crippen LogP contribution is -2.49. The van der Waals surface area contributed by atoms with Gasteiger partial charge in [-0.15, -0.1) is 0 Å². The van der Waals surface area contributed by atoms with Crippen LogP contribution in [0.1, 0.15) is 29.9 Å². The van der Waals surface area contributed by atoms with Gasteiger partial charge in [-0.1, -0.05) is 48.5 Å². The summed E-state index contributed by atoms with van der Waals surface area (Å²) in [6.07, 6.45) is -1.52. The molecule has 2 aromatic carbocycles. The minimum Gasteiger partial charge on any atom is -0.481 e. The summed E-state index contributed by atoms with van der Waals surface area (Å²) in [5, 5.41) is 14.2. The first-order valence-electron chi connectivity index (χ1n) is 11.1. The molecule has 0 spiro atoms. The second-order valence-electron chi connectivity index (χ2n) is 8.01. The fourth-order valence-corrected chi connectivity index (χ4v) is 4.05. The second kappa shape index (κ2) is 12.2. The number of benzene rings is 2. The maximum absolute atomic E-state index is 12.6. The van der Waals surface area contributed by atoms with E-state index in [1.54, 1.807) is 0 Å². The van der Waals surface area contributed by atoms with Gasteiger partial charge in [-0.05, 0) is 28.7 Å². The summed E-state index contributed by atoms with van der Waals surface area (Å²) in [5.74, 6) is -1.71. The van der Waals surface area contributed by atoms with E-state index in [-0.39, 0.29) is 44.6 Å². The minimum absolute atomic E-state index is 0.0761. The van der Waals surface area contributed by atoms with E-state index in [0.29, 0.717) is 0 Å². The maximum Gasteiger partial charge on any atom is 0.407 e. The number of carboxylic acids is 1. The molecule has 182 valence electrons. The van der Waals surface area contributed by atoms with Gasteiger partial charge in [0.2, 0.25) is 5.91 Å². The Morgan fingerprint density at radius 3 is 2.18 bits per heavy atom. The number of nitrogens with one attached hydrogen (secondary N) is 2. The Kier molecular flexibility index (Phi) is 9.00. The molecule has 0 heterocycles. The van der Waals surface area contributed by atoms with Crippen LogP contribution in [0.3, 0.4) is 0 Å². The summed E-state index contributed by atoms with van der Waals surface area (Å²) in [6.45, 7) is 0.516. The molecule has 34 heavy (non-hydrogen) atoms. The third kappa shape index (κ3) is 6.33. The largest absolute Gasteiger partial charge is 0.481 e. The molecule has 2 amide bonds. The Morgan fingerprint density at radius 1 is 1.00 bits per heavy atom. The number of aliphatic carboxylic acids is 1. The molecule has 2 aromatic rings. The van der Waals surface area contributed by atoms with Crippen LogP contribution < -0.4 is 10.6 Å². The molecule has 0 radical (unpaired) electrons.